The average molecular weight is 205 g/mol. The van der Waals surface area contributed by atoms with Crippen LogP contribution in [0.2, 0.25) is 0 Å². The van der Waals surface area contributed by atoms with Gasteiger partial charge in [-0.2, -0.15) is 13.9 Å². The molecule has 0 saturated heterocycles. The highest BCUT2D eigenvalue weighted by atomic mass is 19.3. The Morgan fingerprint density at radius 1 is 1.64 bits per heavy atom. The van der Waals surface area contributed by atoms with Gasteiger partial charge in [0.05, 0.1) is 0 Å². The molecule has 78 valence electrons. The molecule has 0 unspecified atom stereocenters. The number of amides is 1. The van der Waals surface area contributed by atoms with E-state index in [1.54, 1.807) is 0 Å². The van der Waals surface area contributed by atoms with Gasteiger partial charge in [0.25, 0.3) is 5.91 Å². The third-order valence-corrected chi connectivity index (χ3v) is 1.65. The highest BCUT2D eigenvalue weighted by molar-refractivity contribution is 5.92. The standard InChI is InChI=1S/C7H9F2N3O2/c1-3-4(5(10)13)11-12(2)6(3)14-7(8)9/h7H,1-2H3,(H2,10,13). The Labute approximate surface area is 78.4 Å². The lowest BCUT2D eigenvalue weighted by molar-refractivity contribution is -0.0557. The minimum Gasteiger partial charge on any atom is -0.417 e. The summed E-state index contributed by atoms with van der Waals surface area (Å²) in [6, 6.07) is 0. The third-order valence-electron chi connectivity index (χ3n) is 1.65. The van der Waals surface area contributed by atoms with Gasteiger partial charge in [0.1, 0.15) is 0 Å². The lowest BCUT2D eigenvalue weighted by Gasteiger charge is -2.04. The molecule has 2 N–H and O–H groups in total. The molecule has 1 amide bonds. The van der Waals surface area contributed by atoms with E-state index in [2.05, 4.69) is 9.84 Å². The number of rotatable bonds is 3. The van der Waals surface area contributed by atoms with E-state index in [-0.39, 0.29) is 17.1 Å². The first-order valence-corrected chi connectivity index (χ1v) is 3.71. The number of halogens is 2. The monoisotopic (exact) mass is 205 g/mol. The van der Waals surface area contributed by atoms with Crippen LogP contribution in [0.5, 0.6) is 5.88 Å². The van der Waals surface area contributed by atoms with Gasteiger partial charge in [0.15, 0.2) is 5.69 Å². The van der Waals surface area contributed by atoms with E-state index in [0.717, 1.165) is 4.68 Å². The minimum atomic E-state index is -2.95. The normalized spacial score (nSPS) is 10.6. The van der Waals surface area contributed by atoms with Gasteiger partial charge in [-0.25, -0.2) is 4.68 Å². The topological polar surface area (TPSA) is 70.1 Å². The summed E-state index contributed by atoms with van der Waals surface area (Å²) in [4.78, 5) is 10.8. The van der Waals surface area contributed by atoms with Crippen molar-refractivity contribution in [2.24, 2.45) is 12.8 Å². The fraction of sp³-hybridized carbons (Fsp3) is 0.429. The molecule has 0 spiro atoms. The van der Waals surface area contributed by atoms with Crippen molar-refractivity contribution in [2.45, 2.75) is 13.5 Å². The summed E-state index contributed by atoms with van der Waals surface area (Å²) in [6.45, 7) is -1.52. The van der Waals surface area contributed by atoms with Crippen molar-refractivity contribution in [3.05, 3.63) is 11.3 Å². The van der Waals surface area contributed by atoms with E-state index in [0.29, 0.717) is 0 Å². The van der Waals surface area contributed by atoms with Crippen molar-refractivity contribution in [3.8, 4) is 5.88 Å². The largest absolute Gasteiger partial charge is 0.417 e. The molecule has 0 fully saturated rings. The summed E-state index contributed by atoms with van der Waals surface area (Å²) in [6.07, 6.45) is 0. The number of hydrogen-bond acceptors (Lipinski definition) is 3. The van der Waals surface area contributed by atoms with Gasteiger partial charge in [-0.3, -0.25) is 4.79 Å². The third kappa shape index (κ3) is 1.81. The molecule has 0 aromatic carbocycles. The zero-order chi connectivity index (χ0) is 10.9. The molecule has 0 bridgehead atoms. The van der Waals surface area contributed by atoms with E-state index in [9.17, 15) is 13.6 Å². The number of carbonyl (C=O) groups excluding carboxylic acids is 1. The van der Waals surface area contributed by atoms with Crippen LogP contribution in [-0.2, 0) is 7.05 Å². The smallest absolute Gasteiger partial charge is 0.388 e. The highest BCUT2D eigenvalue weighted by Crippen LogP contribution is 2.21. The van der Waals surface area contributed by atoms with E-state index in [4.69, 9.17) is 5.73 Å². The summed E-state index contributed by atoms with van der Waals surface area (Å²) >= 11 is 0. The second-order valence-electron chi connectivity index (χ2n) is 2.65. The zero-order valence-electron chi connectivity index (χ0n) is 7.62. The van der Waals surface area contributed by atoms with Gasteiger partial charge in [0.2, 0.25) is 5.88 Å². The summed E-state index contributed by atoms with van der Waals surface area (Å²) in [7, 11) is 1.39. The summed E-state index contributed by atoms with van der Waals surface area (Å²) in [5.41, 5.74) is 5.11. The maximum absolute atomic E-state index is 11.9. The molecule has 0 radical (unpaired) electrons. The molecule has 1 rings (SSSR count). The molecule has 14 heavy (non-hydrogen) atoms. The van der Waals surface area contributed by atoms with Crippen molar-refractivity contribution in [1.29, 1.82) is 0 Å². The number of nitrogens with zero attached hydrogens (tertiary/aromatic N) is 2. The first-order valence-electron chi connectivity index (χ1n) is 3.71. The van der Waals surface area contributed by atoms with Crippen LogP contribution in [0.25, 0.3) is 0 Å². The first kappa shape index (κ1) is 10.4. The minimum absolute atomic E-state index is 0.0665. The van der Waals surface area contributed by atoms with Crippen LogP contribution < -0.4 is 10.5 Å². The predicted octanol–water partition coefficient (Wildman–Crippen LogP) is 0.429. The van der Waals surface area contributed by atoms with Crippen LogP contribution in [0.3, 0.4) is 0 Å². The van der Waals surface area contributed by atoms with Gasteiger partial charge in [-0.05, 0) is 6.92 Å². The van der Waals surface area contributed by atoms with Gasteiger partial charge in [-0.1, -0.05) is 0 Å². The number of alkyl halides is 2. The van der Waals surface area contributed by atoms with E-state index < -0.39 is 12.5 Å². The zero-order valence-corrected chi connectivity index (χ0v) is 7.62. The Bertz CT molecular complexity index is 362. The molecule has 0 aliphatic rings. The second kappa shape index (κ2) is 3.60. The SMILES string of the molecule is Cc1c(C(N)=O)nn(C)c1OC(F)F. The molecule has 7 heteroatoms. The van der Waals surface area contributed by atoms with Crippen molar-refractivity contribution in [3.63, 3.8) is 0 Å². The fourth-order valence-electron chi connectivity index (χ4n) is 1.10. The number of primary amides is 1. The van der Waals surface area contributed by atoms with Gasteiger partial charge >= 0.3 is 6.61 Å². The van der Waals surface area contributed by atoms with Crippen molar-refractivity contribution in [2.75, 3.05) is 0 Å². The first-order chi connectivity index (χ1) is 6.43. The second-order valence-corrected chi connectivity index (χ2v) is 2.65. The van der Waals surface area contributed by atoms with Crippen LogP contribution in [-0.4, -0.2) is 22.3 Å². The van der Waals surface area contributed by atoms with Crippen LogP contribution in [0.1, 0.15) is 16.1 Å². The van der Waals surface area contributed by atoms with Crippen LogP contribution in [0, 0.1) is 6.92 Å². The number of aromatic nitrogens is 2. The molecule has 0 atom stereocenters. The lowest BCUT2D eigenvalue weighted by Crippen LogP contribution is -2.13. The van der Waals surface area contributed by atoms with Gasteiger partial charge < -0.3 is 10.5 Å². The van der Waals surface area contributed by atoms with Crippen molar-refractivity contribution < 1.29 is 18.3 Å². The van der Waals surface area contributed by atoms with Crippen LogP contribution in [0.4, 0.5) is 8.78 Å². The number of hydrogen-bond donors (Lipinski definition) is 1. The maximum atomic E-state index is 11.9. The number of ether oxygens (including phenoxy) is 1. The molecule has 1 heterocycles. The Balaban J connectivity index is 3.11. The fourth-order valence-corrected chi connectivity index (χ4v) is 1.10. The highest BCUT2D eigenvalue weighted by Gasteiger charge is 2.19. The average Bonchev–Trinajstić information content (AvgIpc) is 2.31. The molecular formula is C7H9F2N3O2. The molecule has 5 nitrogen and oxygen atoms in total. The molecule has 1 aromatic heterocycles. The Hall–Kier alpha value is -1.66. The van der Waals surface area contributed by atoms with E-state index in [1.165, 1.54) is 14.0 Å². The number of nitrogens with two attached hydrogens (primary N) is 1. The molecule has 0 aliphatic carbocycles. The van der Waals surface area contributed by atoms with E-state index >= 15 is 0 Å². The quantitative estimate of drug-likeness (QED) is 0.777. The van der Waals surface area contributed by atoms with Gasteiger partial charge in [-0.15, -0.1) is 0 Å². The Morgan fingerprint density at radius 2 is 2.21 bits per heavy atom. The molecular weight excluding hydrogens is 196 g/mol. The predicted molar refractivity (Wildman–Crippen MR) is 43.1 cm³/mol. The molecule has 0 aliphatic heterocycles. The summed E-state index contributed by atoms with van der Waals surface area (Å²) < 4.78 is 29.0. The van der Waals surface area contributed by atoms with Crippen molar-refractivity contribution >= 4 is 5.91 Å². The summed E-state index contributed by atoms with van der Waals surface area (Å²) in [5.74, 6) is -0.934. The molecule has 1 aromatic rings. The van der Waals surface area contributed by atoms with Gasteiger partial charge in [0, 0.05) is 12.6 Å². The van der Waals surface area contributed by atoms with E-state index in [1.807, 2.05) is 0 Å². The molecule has 0 saturated carbocycles. The van der Waals surface area contributed by atoms with Crippen molar-refractivity contribution in [1.82, 2.24) is 9.78 Å². The Morgan fingerprint density at radius 3 is 2.57 bits per heavy atom. The van der Waals surface area contributed by atoms with Crippen LogP contribution >= 0.6 is 0 Å². The number of aryl methyl sites for hydroxylation is 1. The number of carbonyl (C=O) groups is 1. The van der Waals surface area contributed by atoms with Crippen LogP contribution in [0.15, 0.2) is 0 Å². The Kier molecular flexibility index (Phi) is 2.68. The maximum Gasteiger partial charge on any atom is 0.388 e. The summed E-state index contributed by atoms with van der Waals surface area (Å²) in [5, 5.41) is 3.65. The lowest BCUT2D eigenvalue weighted by atomic mass is 10.2.